The Morgan fingerprint density at radius 3 is 2.28 bits per heavy atom. The Hall–Kier alpha value is -3.77. The number of hydrogen-bond acceptors (Lipinski definition) is 15. The zero-order valence-corrected chi connectivity index (χ0v) is 33.6. The summed E-state index contributed by atoms with van der Waals surface area (Å²) in [5, 5.41) is 62.3. The lowest BCUT2D eigenvalue weighted by Crippen LogP contribution is -2.57. The van der Waals surface area contributed by atoms with Crippen LogP contribution in [0, 0.1) is 5.92 Å². The minimum Gasteiger partial charge on any atom is -0.496 e. The van der Waals surface area contributed by atoms with Crippen LogP contribution in [0.25, 0.3) is 5.57 Å². The summed E-state index contributed by atoms with van der Waals surface area (Å²) in [5.41, 5.74) is 5.84. The first-order valence-electron chi connectivity index (χ1n) is 20.3. The topological polar surface area (TPSA) is 192 Å². The Labute approximate surface area is 335 Å². The third-order valence-corrected chi connectivity index (χ3v) is 11.8. The van der Waals surface area contributed by atoms with E-state index in [0.29, 0.717) is 37.0 Å². The van der Waals surface area contributed by atoms with E-state index in [-0.39, 0.29) is 5.92 Å². The van der Waals surface area contributed by atoms with Crippen molar-refractivity contribution >= 4 is 17.7 Å². The lowest BCUT2D eigenvalue weighted by molar-refractivity contribution is -0.179. The average Bonchev–Trinajstić information content (AvgIpc) is 3.46. The number of aliphatic hydroxyl groups excluding tert-OH is 5. The summed E-state index contributed by atoms with van der Waals surface area (Å²) < 4.78 is 17.1. The average molecular weight is 795 g/mol. The summed E-state index contributed by atoms with van der Waals surface area (Å²) in [6.07, 6.45) is 5.94. The smallest absolute Gasteiger partial charge is 0.294 e. The van der Waals surface area contributed by atoms with Crippen LogP contribution in [0.15, 0.2) is 48.2 Å². The number of carbonyl (C=O) groups excluding carboxylic acids is 1. The van der Waals surface area contributed by atoms with Gasteiger partial charge in [-0.2, -0.15) is 0 Å². The van der Waals surface area contributed by atoms with Crippen LogP contribution in [0.1, 0.15) is 93.0 Å². The first-order chi connectivity index (χ1) is 27.5. The number of allylic oxidation sites excluding steroid dienone is 2. The van der Waals surface area contributed by atoms with E-state index in [1.165, 1.54) is 0 Å². The molecule has 15 heteroatoms. The fourth-order valence-corrected chi connectivity index (χ4v) is 8.60. The van der Waals surface area contributed by atoms with Gasteiger partial charge in [-0.3, -0.25) is 20.3 Å². The molecule has 7 unspecified atom stereocenters. The highest BCUT2D eigenvalue weighted by Crippen LogP contribution is 2.47. The number of methoxy groups -OCH3 is 2. The van der Waals surface area contributed by atoms with Crippen LogP contribution in [0.2, 0.25) is 0 Å². The van der Waals surface area contributed by atoms with E-state index in [1.54, 1.807) is 30.1 Å². The molecular formula is C42H62N6O9. The monoisotopic (exact) mass is 794 g/mol. The van der Waals surface area contributed by atoms with E-state index < -0.39 is 43.4 Å². The van der Waals surface area contributed by atoms with Gasteiger partial charge in [-0.25, -0.2) is 4.90 Å². The van der Waals surface area contributed by atoms with Crippen LogP contribution < -0.4 is 25.4 Å². The molecule has 0 aliphatic carbocycles. The number of likely N-dealkylation sites (N-methyl/N-ethyl adjacent to an activating group) is 1. The molecular weight excluding hydrogens is 732 g/mol. The van der Waals surface area contributed by atoms with Crippen molar-refractivity contribution < 1.29 is 44.5 Å². The number of anilines is 1. The highest BCUT2D eigenvalue weighted by atomic mass is 16.5. The fourth-order valence-electron chi connectivity index (χ4n) is 8.60. The second kappa shape index (κ2) is 19.8. The summed E-state index contributed by atoms with van der Waals surface area (Å²) in [7, 11) is 5.18. The molecule has 0 radical (unpaired) electrons. The predicted octanol–water partition coefficient (Wildman–Crippen LogP) is 2.91. The number of carbonyl (C=O) groups is 1. The molecule has 0 spiro atoms. The van der Waals surface area contributed by atoms with Crippen molar-refractivity contribution in [3.63, 3.8) is 0 Å². The summed E-state index contributed by atoms with van der Waals surface area (Å²) in [6, 6.07) is 9.04. The van der Waals surface area contributed by atoms with Gasteiger partial charge in [-0.15, -0.1) is 0 Å². The molecule has 0 bridgehead atoms. The minimum atomic E-state index is -1.09. The highest BCUT2D eigenvalue weighted by Gasteiger charge is 2.47. The molecule has 2 fully saturated rings. The standard InChI is InChI=1S/C42H62N6O9/c1-26-18-28(21-46(2)40(26)53)27-19-34(55-3)31(35(20-27)56-4)24-47-22-29(23-47)38(51)44-17-10-8-6-5-7-9-16-43-32-13-11-12-30-37(32)42(57-25-49)48(41(30)54)33-14-15-36(50)45-39(33)52/h11-13,18-21,25,29,33,36,38-45,50-54H,5-10,14-17,22-24H2,1-4H3. The number of likely N-dealkylation sites (tertiary alicyclic amines) is 1. The molecule has 0 amide bonds. The van der Waals surface area contributed by atoms with Gasteiger partial charge >= 0.3 is 0 Å². The van der Waals surface area contributed by atoms with Crippen molar-refractivity contribution in [2.45, 2.75) is 108 Å². The quantitative estimate of drug-likeness (QED) is 0.0554. The van der Waals surface area contributed by atoms with E-state index >= 15 is 0 Å². The molecule has 2 aromatic rings. The van der Waals surface area contributed by atoms with E-state index in [1.807, 2.05) is 50.5 Å². The van der Waals surface area contributed by atoms with Gasteiger partial charge < -0.3 is 50.0 Å². The van der Waals surface area contributed by atoms with Gasteiger partial charge in [0.25, 0.3) is 6.47 Å². The lowest BCUT2D eigenvalue weighted by Gasteiger charge is -2.42. The predicted molar refractivity (Wildman–Crippen MR) is 215 cm³/mol. The van der Waals surface area contributed by atoms with E-state index in [0.717, 1.165) is 104 Å². The molecule has 4 aliphatic heterocycles. The maximum atomic E-state index is 11.5. The van der Waals surface area contributed by atoms with E-state index in [4.69, 9.17) is 14.2 Å². The number of piperidine rings is 1. The van der Waals surface area contributed by atoms with Gasteiger partial charge in [0.05, 0.1) is 25.8 Å². The van der Waals surface area contributed by atoms with Crippen molar-refractivity contribution in [1.82, 2.24) is 25.3 Å². The summed E-state index contributed by atoms with van der Waals surface area (Å²) in [6.45, 7) is 5.95. The van der Waals surface area contributed by atoms with Crippen molar-refractivity contribution in [2.75, 3.05) is 52.8 Å². The number of hydrogen-bond donors (Lipinski definition) is 8. The van der Waals surface area contributed by atoms with Crippen LogP contribution >= 0.6 is 0 Å². The third-order valence-electron chi connectivity index (χ3n) is 11.8. The van der Waals surface area contributed by atoms with Crippen LogP contribution in [-0.2, 0) is 16.1 Å². The number of nitrogens with one attached hydrogen (secondary N) is 3. The number of fused-ring (bicyclic) bond motifs is 1. The number of rotatable bonds is 20. The largest absolute Gasteiger partial charge is 0.496 e. The Morgan fingerprint density at radius 1 is 0.947 bits per heavy atom. The zero-order valence-electron chi connectivity index (χ0n) is 33.6. The van der Waals surface area contributed by atoms with Crippen molar-refractivity contribution in [2.24, 2.45) is 5.92 Å². The minimum absolute atomic E-state index is 0.151. The SMILES string of the molecule is COc1cc(C2=CN(C)C(O)C(C)=C2)cc(OC)c1CN1CC(C(O)NCCCCCCCCNc2cccc3c2C(OC=O)N(C2CCC(O)NC2O)C3O)C1. The van der Waals surface area contributed by atoms with Gasteiger partial charge in [0.15, 0.2) is 6.23 Å². The molecule has 4 heterocycles. The Morgan fingerprint density at radius 2 is 1.63 bits per heavy atom. The Kier molecular flexibility index (Phi) is 14.9. The molecule has 314 valence electrons. The summed E-state index contributed by atoms with van der Waals surface area (Å²) >= 11 is 0. The molecule has 2 saturated heterocycles. The molecule has 7 atom stereocenters. The molecule has 0 saturated carbocycles. The molecule has 15 nitrogen and oxygen atoms in total. The Balaban J connectivity index is 0.868. The second-order valence-corrected chi connectivity index (χ2v) is 15.8. The molecule has 2 aromatic carbocycles. The fraction of sp³-hybridized carbons (Fsp3) is 0.595. The van der Waals surface area contributed by atoms with Gasteiger partial charge in [0.2, 0.25) is 0 Å². The summed E-state index contributed by atoms with van der Waals surface area (Å²) in [5.74, 6) is 1.64. The maximum Gasteiger partial charge on any atom is 0.294 e. The number of unbranched alkanes of at least 4 members (excludes halogenated alkanes) is 5. The molecule has 4 aliphatic rings. The van der Waals surface area contributed by atoms with Crippen LogP contribution in [-0.4, -0.2) is 125 Å². The van der Waals surface area contributed by atoms with Crippen molar-refractivity contribution in [3.8, 4) is 11.5 Å². The first kappa shape index (κ1) is 42.8. The van der Waals surface area contributed by atoms with Crippen LogP contribution in [0.3, 0.4) is 0 Å². The van der Waals surface area contributed by atoms with Gasteiger partial charge in [-0.05, 0) is 80.1 Å². The Bertz CT molecular complexity index is 1700. The van der Waals surface area contributed by atoms with Crippen LogP contribution in [0.5, 0.6) is 11.5 Å². The highest BCUT2D eigenvalue weighted by molar-refractivity contribution is 5.78. The van der Waals surface area contributed by atoms with Gasteiger partial charge in [0, 0.05) is 62.2 Å². The zero-order chi connectivity index (χ0) is 40.6. The van der Waals surface area contributed by atoms with E-state index in [2.05, 4.69) is 20.9 Å². The van der Waals surface area contributed by atoms with Crippen LogP contribution in [0.4, 0.5) is 5.69 Å². The first-order valence-corrected chi connectivity index (χ1v) is 20.3. The maximum absolute atomic E-state index is 11.5. The molecule has 0 aromatic heterocycles. The normalized spacial score (nSPS) is 25.9. The number of ether oxygens (including phenoxy) is 3. The summed E-state index contributed by atoms with van der Waals surface area (Å²) in [4.78, 5) is 17.2. The molecule has 6 rings (SSSR count). The van der Waals surface area contributed by atoms with Crippen molar-refractivity contribution in [3.05, 3.63) is 70.4 Å². The van der Waals surface area contributed by atoms with Gasteiger partial charge in [0.1, 0.15) is 42.6 Å². The van der Waals surface area contributed by atoms with Gasteiger partial charge in [-0.1, -0.05) is 37.8 Å². The second-order valence-electron chi connectivity index (χ2n) is 15.8. The number of aliphatic hydroxyl groups is 5. The molecule has 8 N–H and O–H groups in total. The number of nitrogens with zero attached hydrogens (tertiary/aromatic N) is 3. The lowest BCUT2D eigenvalue weighted by atomic mass is 9.95. The molecule has 57 heavy (non-hydrogen) atoms. The number of benzene rings is 2. The van der Waals surface area contributed by atoms with Crippen molar-refractivity contribution in [1.29, 1.82) is 0 Å². The third kappa shape index (κ3) is 9.92. The van der Waals surface area contributed by atoms with E-state index in [9.17, 15) is 30.3 Å².